The number of hydrogen-bond donors (Lipinski definition) is 1. The average Bonchev–Trinajstić information content (AvgIpc) is 3.33. The Bertz CT molecular complexity index is 753. The van der Waals surface area contributed by atoms with Crippen LogP contribution in [0.5, 0.6) is 0 Å². The number of nitrogens with zero attached hydrogens (tertiary/aromatic N) is 4. The lowest BCUT2D eigenvalue weighted by Crippen LogP contribution is -2.54. The number of nitrogens with one attached hydrogen (secondary N) is 1. The van der Waals surface area contributed by atoms with Crippen LogP contribution in [0, 0.1) is 0 Å². The standard InChI is InChI=1S/C22H31N5OS/c1-23-22(27-11-9-25(10-12-27)19-6-3-2-4-7-19)24-18-20(21-8-5-17-29-21)26-13-15-28-16-14-26/h2-8,17,20H,9-16,18H2,1H3,(H,23,24). The van der Waals surface area contributed by atoms with Gasteiger partial charge in [-0.3, -0.25) is 9.89 Å². The quantitative estimate of drug-likeness (QED) is 0.603. The van der Waals surface area contributed by atoms with Gasteiger partial charge in [-0.05, 0) is 23.6 Å². The Morgan fingerprint density at radius 2 is 1.79 bits per heavy atom. The second-order valence-corrected chi connectivity index (χ2v) is 8.40. The van der Waals surface area contributed by atoms with E-state index < -0.39 is 0 Å². The monoisotopic (exact) mass is 413 g/mol. The number of piperazine rings is 1. The Balaban J connectivity index is 1.35. The van der Waals surface area contributed by atoms with Crippen molar-refractivity contribution in [3.05, 3.63) is 52.7 Å². The van der Waals surface area contributed by atoms with Gasteiger partial charge in [0.2, 0.25) is 0 Å². The number of ether oxygens (including phenoxy) is 1. The SMILES string of the molecule is CN=C(NCC(c1cccs1)N1CCOCC1)N1CCN(c2ccccc2)CC1. The Morgan fingerprint density at radius 1 is 1.03 bits per heavy atom. The van der Waals surface area contributed by atoms with Gasteiger partial charge >= 0.3 is 0 Å². The molecule has 3 heterocycles. The van der Waals surface area contributed by atoms with E-state index in [-0.39, 0.29) is 0 Å². The molecule has 1 atom stereocenters. The molecular weight excluding hydrogens is 382 g/mol. The van der Waals surface area contributed by atoms with Crippen LogP contribution < -0.4 is 10.2 Å². The highest BCUT2D eigenvalue weighted by Crippen LogP contribution is 2.25. The molecule has 0 radical (unpaired) electrons. The first-order valence-corrected chi connectivity index (χ1v) is 11.3. The Labute approximate surface area is 177 Å². The van der Waals surface area contributed by atoms with E-state index in [1.54, 1.807) is 0 Å². The van der Waals surface area contributed by atoms with Crippen molar-refractivity contribution < 1.29 is 4.74 Å². The van der Waals surface area contributed by atoms with Crippen LogP contribution in [-0.4, -0.2) is 81.8 Å². The first kappa shape index (κ1) is 20.2. The molecule has 2 aromatic rings. The summed E-state index contributed by atoms with van der Waals surface area (Å²) >= 11 is 1.83. The van der Waals surface area contributed by atoms with Gasteiger partial charge in [-0.25, -0.2) is 0 Å². The minimum atomic E-state index is 0.362. The van der Waals surface area contributed by atoms with Crippen LogP contribution in [0.4, 0.5) is 5.69 Å². The zero-order valence-corrected chi connectivity index (χ0v) is 18.0. The minimum absolute atomic E-state index is 0.362. The van der Waals surface area contributed by atoms with E-state index in [2.05, 4.69) is 72.9 Å². The second kappa shape index (κ2) is 10.1. The predicted molar refractivity (Wildman–Crippen MR) is 121 cm³/mol. The molecule has 0 saturated carbocycles. The summed E-state index contributed by atoms with van der Waals surface area (Å²) in [6, 6.07) is 15.4. The number of anilines is 1. The summed E-state index contributed by atoms with van der Waals surface area (Å²) in [6.07, 6.45) is 0. The number of morpholine rings is 1. The third kappa shape index (κ3) is 5.10. The fraction of sp³-hybridized carbons (Fsp3) is 0.500. The first-order chi connectivity index (χ1) is 14.3. The highest BCUT2D eigenvalue weighted by molar-refractivity contribution is 7.10. The molecule has 6 nitrogen and oxygen atoms in total. The van der Waals surface area contributed by atoms with Gasteiger partial charge in [0, 0.05) is 63.4 Å². The largest absolute Gasteiger partial charge is 0.379 e. The number of rotatable bonds is 5. The van der Waals surface area contributed by atoms with Gasteiger partial charge < -0.3 is 19.9 Å². The average molecular weight is 414 g/mol. The van der Waals surface area contributed by atoms with E-state index in [4.69, 9.17) is 4.74 Å². The Hall–Kier alpha value is -2.09. The zero-order chi connectivity index (χ0) is 19.9. The van der Waals surface area contributed by atoms with Crippen molar-refractivity contribution in [3.8, 4) is 0 Å². The maximum atomic E-state index is 5.56. The highest BCUT2D eigenvalue weighted by Gasteiger charge is 2.25. The van der Waals surface area contributed by atoms with Crippen LogP contribution in [0.3, 0.4) is 0 Å². The fourth-order valence-corrected chi connectivity index (χ4v) is 4.98. The molecule has 2 saturated heterocycles. The molecule has 2 aliphatic heterocycles. The van der Waals surface area contributed by atoms with Crippen LogP contribution in [0.1, 0.15) is 10.9 Å². The predicted octanol–water partition coefficient (Wildman–Crippen LogP) is 2.52. The molecule has 156 valence electrons. The smallest absolute Gasteiger partial charge is 0.193 e. The number of thiophene rings is 1. The topological polar surface area (TPSA) is 43.3 Å². The molecule has 0 amide bonds. The molecule has 1 N–H and O–H groups in total. The van der Waals surface area contributed by atoms with Gasteiger partial charge in [-0.15, -0.1) is 11.3 Å². The van der Waals surface area contributed by atoms with E-state index in [9.17, 15) is 0 Å². The van der Waals surface area contributed by atoms with Crippen LogP contribution in [0.15, 0.2) is 52.8 Å². The number of para-hydroxylation sites is 1. The summed E-state index contributed by atoms with van der Waals surface area (Å²) in [7, 11) is 1.89. The zero-order valence-electron chi connectivity index (χ0n) is 17.2. The summed E-state index contributed by atoms with van der Waals surface area (Å²) in [5.41, 5.74) is 1.31. The van der Waals surface area contributed by atoms with Gasteiger partial charge in [0.05, 0.1) is 19.3 Å². The summed E-state index contributed by atoms with van der Waals surface area (Å²) in [5, 5.41) is 5.83. The lowest BCUT2D eigenvalue weighted by atomic mass is 10.2. The summed E-state index contributed by atoms with van der Waals surface area (Å²) < 4.78 is 5.56. The highest BCUT2D eigenvalue weighted by atomic mass is 32.1. The van der Waals surface area contributed by atoms with E-state index in [1.165, 1.54) is 10.6 Å². The third-order valence-electron chi connectivity index (χ3n) is 5.72. The number of aliphatic imine (C=N–C) groups is 1. The van der Waals surface area contributed by atoms with Crippen LogP contribution >= 0.6 is 11.3 Å². The van der Waals surface area contributed by atoms with Gasteiger partial charge in [-0.1, -0.05) is 24.3 Å². The number of benzene rings is 1. The third-order valence-corrected chi connectivity index (χ3v) is 6.70. The summed E-state index contributed by atoms with van der Waals surface area (Å²) in [4.78, 5) is 13.3. The maximum Gasteiger partial charge on any atom is 0.193 e. The summed E-state index contributed by atoms with van der Waals surface area (Å²) in [6.45, 7) is 8.47. The van der Waals surface area contributed by atoms with E-state index in [0.29, 0.717) is 6.04 Å². The lowest BCUT2D eigenvalue weighted by Gasteiger charge is -2.39. The van der Waals surface area contributed by atoms with Gasteiger partial charge in [-0.2, -0.15) is 0 Å². The Kier molecular flexibility index (Phi) is 7.03. The second-order valence-electron chi connectivity index (χ2n) is 7.42. The van der Waals surface area contributed by atoms with Crippen molar-refractivity contribution in [2.24, 2.45) is 4.99 Å². The fourth-order valence-electron chi connectivity index (χ4n) is 4.12. The molecule has 1 aromatic carbocycles. The molecule has 4 rings (SSSR count). The van der Waals surface area contributed by atoms with Gasteiger partial charge in [0.25, 0.3) is 0 Å². The molecule has 29 heavy (non-hydrogen) atoms. The molecule has 2 fully saturated rings. The van der Waals surface area contributed by atoms with Crippen molar-refractivity contribution in [3.63, 3.8) is 0 Å². The van der Waals surface area contributed by atoms with E-state index in [1.807, 2.05) is 18.4 Å². The maximum absolute atomic E-state index is 5.56. The van der Waals surface area contributed by atoms with Crippen molar-refractivity contribution in [2.75, 3.05) is 71.0 Å². The van der Waals surface area contributed by atoms with Gasteiger partial charge in [0.1, 0.15) is 0 Å². The Morgan fingerprint density at radius 3 is 2.45 bits per heavy atom. The molecule has 2 aliphatic rings. The van der Waals surface area contributed by atoms with Crippen molar-refractivity contribution >= 4 is 23.0 Å². The lowest BCUT2D eigenvalue weighted by molar-refractivity contribution is 0.0176. The normalized spacial score (nSPS) is 20.0. The van der Waals surface area contributed by atoms with Crippen LogP contribution in [-0.2, 0) is 4.74 Å². The molecule has 1 unspecified atom stereocenters. The van der Waals surface area contributed by atoms with Crippen LogP contribution in [0.25, 0.3) is 0 Å². The first-order valence-electron chi connectivity index (χ1n) is 10.5. The minimum Gasteiger partial charge on any atom is -0.379 e. The number of hydrogen-bond acceptors (Lipinski definition) is 5. The molecule has 0 aliphatic carbocycles. The summed E-state index contributed by atoms with van der Waals surface area (Å²) in [5.74, 6) is 1.01. The van der Waals surface area contributed by atoms with Crippen molar-refractivity contribution in [1.29, 1.82) is 0 Å². The van der Waals surface area contributed by atoms with Crippen molar-refractivity contribution in [1.82, 2.24) is 15.1 Å². The molecule has 0 bridgehead atoms. The molecule has 7 heteroatoms. The van der Waals surface area contributed by atoms with E-state index >= 15 is 0 Å². The number of guanidine groups is 1. The van der Waals surface area contributed by atoms with Crippen LogP contribution in [0.2, 0.25) is 0 Å². The van der Waals surface area contributed by atoms with Gasteiger partial charge in [0.15, 0.2) is 5.96 Å². The molecular formula is C22H31N5OS. The van der Waals surface area contributed by atoms with Crippen molar-refractivity contribution in [2.45, 2.75) is 6.04 Å². The molecule has 1 aromatic heterocycles. The van der Waals surface area contributed by atoms with E-state index in [0.717, 1.165) is 65.0 Å². The molecule has 0 spiro atoms.